The van der Waals surface area contributed by atoms with Crippen molar-refractivity contribution in [2.45, 2.75) is 25.2 Å². The van der Waals surface area contributed by atoms with Crippen LogP contribution in [0.15, 0.2) is 0 Å². The van der Waals surface area contributed by atoms with Gasteiger partial charge in [0.15, 0.2) is 0 Å². The minimum absolute atomic E-state index is 0.0917. The molecule has 0 aromatic carbocycles. The summed E-state index contributed by atoms with van der Waals surface area (Å²) in [6, 6.07) is 0. The van der Waals surface area contributed by atoms with Gasteiger partial charge < -0.3 is 35.5 Å². The predicted molar refractivity (Wildman–Crippen MR) is 72.2 cm³/mol. The molecule has 0 saturated heterocycles. The van der Waals surface area contributed by atoms with E-state index in [1.165, 1.54) is 14.0 Å². The van der Waals surface area contributed by atoms with Gasteiger partial charge in [-0.1, -0.05) is 0 Å². The molecule has 0 aromatic heterocycles. The first-order chi connectivity index (χ1) is 9.52. The van der Waals surface area contributed by atoms with Gasteiger partial charge in [-0.15, -0.1) is 0 Å². The third-order valence-electron chi connectivity index (χ3n) is 2.55. The third-order valence-corrected chi connectivity index (χ3v) is 2.55. The number of aliphatic hydroxyl groups excluding tert-OH is 2. The summed E-state index contributed by atoms with van der Waals surface area (Å²) >= 11 is 0. The van der Waals surface area contributed by atoms with Crippen LogP contribution in [0.1, 0.15) is 6.92 Å². The van der Waals surface area contributed by atoms with E-state index in [0.717, 1.165) is 0 Å². The Balaban J connectivity index is 3.70. The Hall–Kier alpha value is -0.770. The fraction of sp³-hybridized carbons (Fsp3) is 0.917. The van der Waals surface area contributed by atoms with Crippen LogP contribution in [-0.2, 0) is 19.0 Å². The summed E-state index contributed by atoms with van der Waals surface area (Å²) in [5.41, 5.74) is 5.24. The number of amides is 1. The van der Waals surface area contributed by atoms with Crippen molar-refractivity contribution in [3.05, 3.63) is 0 Å². The first-order valence-corrected chi connectivity index (χ1v) is 6.54. The minimum atomic E-state index is -1.06. The average Bonchev–Trinajstić information content (AvgIpc) is 2.42. The van der Waals surface area contributed by atoms with Crippen LogP contribution in [0.2, 0.25) is 0 Å². The van der Waals surface area contributed by atoms with Gasteiger partial charge >= 0.3 is 0 Å². The van der Waals surface area contributed by atoms with E-state index < -0.39 is 18.3 Å². The topological polar surface area (TPSA) is 123 Å². The number of nitrogens with one attached hydrogen (secondary N) is 1. The van der Waals surface area contributed by atoms with Gasteiger partial charge in [-0.25, -0.2) is 0 Å². The molecule has 20 heavy (non-hydrogen) atoms. The number of ether oxygens (including phenoxy) is 3. The van der Waals surface area contributed by atoms with Crippen molar-refractivity contribution >= 4 is 5.91 Å². The lowest BCUT2D eigenvalue weighted by Crippen LogP contribution is -2.45. The number of hydrogen-bond acceptors (Lipinski definition) is 7. The Bertz CT molecular complexity index is 252. The van der Waals surface area contributed by atoms with Gasteiger partial charge in [0.2, 0.25) is 5.91 Å². The highest BCUT2D eigenvalue weighted by atomic mass is 16.5. The van der Waals surface area contributed by atoms with Gasteiger partial charge in [-0.2, -0.15) is 0 Å². The van der Waals surface area contributed by atoms with Gasteiger partial charge in [0.1, 0.15) is 18.8 Å². The van der Waals surface area contributed by atoms with Crippen molar-refractivity contribution in [1.82, 2.24) is 5.32 Å². The summed E-state index contributed by atoms with van der Waals surface area (Å²) in [5, 5.41) is 21.4. The third kappa shape index (κ3) is 9.18. The van der Waals surface area contributed by atoms with E-state index in [1.54, 1.807) is 0 Å². The van der Waals surface area contributed by atoms with E-state index in [-0.39, 0.29) is 19.1 Å². The average molecular weight is 294 g/mol. The number of nitrogens with two attached hydrogens (primary N) is 1. The monoisotopic (exact) mass is 294 g/mol. The Morgan fingerprint density at radius 3 is 2.45 bits per heavy atom. The molecule has 8 heteroatoms. The molecule has 0 aromatic rings. The molecule has 0 heterocycles. The lowest BCUT2D eigenvalue weighted by Gasteiger charge is -2.23. The standard InChI is InChI=1S/C12H26N2O6/c1-9(15)12(17)10(18-2)7-14-11(16)8-20-6-5-19-4-3-13/h9-10,12,15,17H,3-8,13H2,1-2H3,(H,14,16). The van der Waals surface area contributed by atoms with Crippen LogP contribution < -0.4 is 11.1 Å². The predicted octanol–water partition coefficient (Wildman–Crippen LogP) is -2.15. The highest BCUT2D eigenvalue weighted by Gasteiger charge is 2.23. The highest BCUT2D eigenvalue weighted by molar-refractivity contribution is 5.77. The Labute approximate surface area is 119 Å². The molecule has 0 saturated carbocycles. The SMILES string of the molecule is COC(CNC(=O)COCCOCCN)C(O)C(C)O. The van der Waals surface area contributed by atoms with Crippen LogP contribution in [-0.4, -0.2) is 81.1 Å². The Kier molecular flexibility index (Phi) is 11.5. The molecule has 5 N–H and O–H groups in total. The van der Waals surface area contributed by atoms with E-state index in [1.807, 2.05) is 0 Å². The number of carbonyl (C=O) groups is 1. The van der Waals surface area contributed by atoms with Crippen LogP contribution in [0.5, 0.6) is 0 Å². The van der Waals surface area contributed by atoms with E-state index >= 15 is 0 Å². The summed E-state index contributed by atoms with van der Waals surface area (Å²) in [6.07, 6.45) is -2.68. The van der Waals surface area contributed by atoms with Crippen molar-refractivity contribution in [2.24, 2.45) is 5.73 Å². The quantitative estimate of drug-likeness (QED) is 0.303. The van der Waals surface area contributed by atoms with Crippen molar-refractivity contribution in [1.29, 1.82) is 0 Å². The first-order valence-electron chi connectivity index (χ1n) is 6.54. The van der Waals surface area contributed by atoms with Crippen molar-refractivity contribution in [3.63, 3.8) is 0 Å². The number of aliphatic hydroxyl groups is 2. The maximum absolute atomic E-state index is 11.4. The van der Waals surface area contributed by atoms with Crippen molar-refractivity contribution in [2.75, 3.05) is 46.6 Å². The molecule has 0 spiro atoms. The van der Waals surface area contributed by atoms with E-state index in [2.05, 4.69) is 5.32 Å². The number of hydrogen-bond donors (Lipinski definition) is 4. The second-order valence-corrected chi connectivity index (χ2v) is 4.26. The summed E-state index contributed by atoms with van der Waals surface area (Å²) in [4.78, 5) is 11.4. The molecule has 0 bridgehead atoms. The Morgan fingerprint density at radius 2 is 1.90 bits per heavy atom. The molecule has 0 aliphatic heterocycles. The molecule has 0 fully saturated rings. The van der Waals surface area contributed by atoms with E-state index in [4.69, 9.17) is 19.9 Å². The molecule has 3 unspecified atom stereocenters. The fourth-order valence-corrected chi connectivity index (χ4v) is 1.39. The molecule has 0 aliphatic rings. The van der Waals surface area contributed by atoms with Gasteiger partial charge in [0.25, 0.3) is 0 Å². The zero-order valence-electron chi connectivity index (χ0n) is 12.1. The molecule has 0 radical (unpaired) electrons. The van der Waals surface area contributed by atoms with Crippen LogP contribution in [0.3, 0.4) is 0 Å². The molecular weight excluding hydrogens is 268 g/mol. The van der Waals surface area contributed by atoms with Crippen LogP contribution in [0, 0.1) is 0 Å². The summed E-state index contributed by atoms with van der Waals surface area (Å²) in [7, 11) is 1.40. The van der Waals surface area contributed by atoms with Gasteiger partial charge in [-0.05, 0) is 6.92 Å². The van der Waals surface area contributed by atoms with Crippen LogP contribution in [0.4, 0.5) is 0 Å². The maximum Gasteiger partial charge on any atom is 0.246 e. The number of methoxy groups -OCH3 is 1. The molecule has 0 aliphatic carbocycles. The summed E-state index contributed by atoms with van der Waals surface area (Å²) in [6.45, 7) is 3.03. The lowest BCUT2D eigenvalue weighted by atomic mass is 10.1. The van der Waals surface area contributed by atoms with Crippen LogP contribution >= 0.6 is 0 Å². The van der Waals surface area contributed by atoms with Gasteiger partial charge in [0, 0.05) is 20.2 Å². The normalized spacial score (nSPS) is 15.7. The minimum Gasteiger partial charge on any atom is -0.391 e. The lowest BCUT2D eigenvalue weighted by molar-refractivity contribution is -0.128. The largest absolute Gasteiger partial charge is 0.391 e. The molecule has 0 rings (SSSR count). The molecule has 3 atom stereocenters. The number of rotatable bonds is 12. The van der Waals surface area contributed by atoms with Gasteiger partial charge in [0.05, 0.1) is 25.9 Å². The Morgan fingerprint density at radius 1 is 1.25 bits per heavy atom. The highest BCUT2D eigenvalue weighted by Crippen LogP contribution is 2.02. The smallest absolute Gasteiger partial charge is 0.246 e. The van der Waals surface area contributed by atoms with Crippen LogP contribution in [0.25, 0.3) is 0 Å². The molecular formula is C12H26N2O6. The van der Waals surface area contributed by atoms with Crippen molar-refractivity contribution < 1.29 is 29.2 Å². The van der Waals surface area contributed by atoms with Gasteiger partial charge in [-0.3, -0.25) is 4.79 Å². The number of carbonyl (C=O) groups excluding carboxylic acids is 1. The zero-order valence-corrected chi connectivity index (χ0v) is 12.1. The molecule has 1 amide bonds. The van der Waals surface area contributed by atoms with E-state index in [0.29, 0.717) is 26.4 Å². The molecule has 120 valence electrons. The molecule has 8 nitrogen and oxygen atoms in total. The first kappa shape index (κ1) is 19.2. The zero-order chi connectivity index (χ0) is 15.4. The summed E-state index contributed by atoms with van der Waals surface area (Å²) in [5.74, 6) is -0.330. The second-order valence-electron chi connectivity index (χ2n) is 4.26. The fourth-order valence-electron chi connectivity index (χ4n) is 1.39. The van der Waals surface area contributed by atoms with Crippen molar-refractivity contribution in [3.8, 4) is 0 Å². The second kappa shape index (κ2) is 12.0. The summed E-state index contributed by atoms with van der Waals surface area (Å²) < 4.78 is 15.2. The van der Waals surface area contributed by atoms with E-state index in [9.17, 15) is 15.0 Å². The maximum atomic E-state index is 11.4.